The summed E-state index contributed by atoms with van der Waals surface area (Å²) in [7, 11) is -0.550. The topological polar surface area (TPSA) is 78.9 Å². The van der Waals surface area contributed by atoms with Gasteiger partial charge >= 0.3 is 0 Å². The summed E-state index contributed by atoms with van der Waals surface area (Å²) < 4.78 is 31.5. The van der Waals surface area contributed by atoms with Crippen molar-refractivity contribution in [3.8, 4) is 0 Å². The van der Waals surface area contributed by atoms with Crippen LogP contribution in [0, 0.1) is 0 Å². The molecule has 0 amide bonds. The lowest BCUT2D eigenvalue weighted by atomic mass is 10.4. The van der Waals surface area contributed by atoms with Gasteiger partial charge in [0, 0.05) is 26.7 Å². The molecule has 0 aromatic heterocycles. The second kappa shape index (κ2) is 5.22. The van der Waals surface area contributed by atoms with E-state index in [-0.39, 0.29) is 19.2 Å². The van der Waals surface area contributed by atoms with Crippen LogP contribution in [0.2, 0.25) is 0 Å². The molecule has 0 aromatic rings. The van der Waals surface area contributed by atoms with Crippen LogP contribution in [0.5, 0.6) is 0 Å². The Balaban J connectivity index is 2.39. The van der Waals surface area contributed by atoms with E-state index < -0.39 is 16.3 Å². The highest BCUT2D eigenvalue weighted by Crippen LogP contribution is 2.20. The van der Waals surface area contributed by atoms with E-state index in [1.165, 1.54) is 14.2 Å². The van der Waals surface area contributed by atoms with Gasteiger partial charge in [0.15, 0.2) is 0 Å². The van der Waals surface area contributed by atoms with Crippen molar-refractivity contribution in [3.05, 3.63) is 0 Å². The van der Waals surface area contributed by atoms with Crippen molar-refractivity contribution in [2.75, 3.05) is 27.3 Å². The first kappa shape index (κ1) is 12.9. The van der Waals surface area contributed by atoms with E-state index in [9.17, 15) is 13.5 Å². The molecule has 1 aliphatic carbocycles. The summed E-state index contributed by atoms with van der Waals surface area (Å²) in [5.74, 6) is 0. The van der Waals surface area contributed by atoms with E-state index in [2.05, 4.69) is 4.72 Å². The van der Waals surface area contributed by atoms with Crippen LogP contribution < -0.4 is 4.72 Å². The monoisotopic (exact) mass is 238 g/mol. The first-order chi connectivity index (χ1) is 6.95. The molecule has 1 rings (SSSR count). The summed E-state index contributed by atoms with van der Waals surface area (Å²) in [6.07, 6.45) is 0.997. The van der Waals surface area contributed by atoms with Crippen molar-refractivity contribution in [3.63, 3.8) is 0 Å². The average molecular weight is 238 g/mol. The lowest BCUT2D eigenvalue weighted by Crippen LogP contribution is -2.43. The van der Waals surface area contributed by atoms with Crippen molar-refractivity contribution in [1.29, 1.82) is 0 Å². The number of hydrogen-bond acceptors (Lipinski definition) is 4. The minimum Gasteiger partial charge on any atom is -0.389 e. The van der Waals surface area contributed by atoms with Gasteiger partial charge in [0.1, 0.15) is 0 Å². The molecule has 0 heterocycles. The summed E-state index contributed by atoms with van der Waals surface area (Å²) in [5, 5.41) is 9.37. The Morgan fingerprint density at radius 2 is 2.20 bits per heavy atom. The van der Waals surface area contributed by atoms with E-state index in [0.29, 0.717) is 0 Å². The largest absolute Gasteiger partial charge is 0.389 e. The van der Waals surface area contributed by atoms with Gasteiger partial charge in [0.05, 0.1) is 12.7 Å². The molecule has 7 heteroatoms. The molecule has 0 aromatic carbocycles. The number of likely N-dealkylation sites (N-methyl/N-ethyl adjacent to an activating group) is 1. The summed E-state index contributed by atoms with van der Waals surface area (Å²) in [5.41, 5.74) is 0. The van der Waals surface area contributed by atoms with Gasteiger partial charge in [-0.25, -0.2) is 0 Å². The minimum absolute atomic E-state index is 0.0376. The van der Waals surface area contributed by atoms with E-state index in [1.54, 1.807) is 0 Å². The molecule has 15 heavy (non-hydrogen) atoms. The molecular weight excluding hydrogens is 220 g/mol. The van der Waals surface area contributed by atoms with E-state index >= 15 is 0 Å². The molecular formula is C8H18N2O4S. The van der Waals surface area contributed by atoms with Gasteiger partial charge in [-0.2, -0.15) is 17.4 Å². The molecule has 90 valence electrons. The van der Waals surface area contributed by atoms with E-state index in [4.69, 9.17) is 4.74 Å². The molecule has 0 saturated heterocycles. The van der Waals surface area contributed by atoms with Gasteiger partial charge in [-0.05, 0) is 12.8 Å². The number of rotatable bonds is 7. The molecule has 1 saturated carbocycles. The number of aliphatic hydroxyl groups is 1. The third kappa shape index (κ3) is 4.43. The van der Waals surface area contributed by atoms with Crippen molar-refractivity contribution in [2.24, 2.45) is 0 Å². The lowest BCUT2D eigenvalue weighted by Gasteiger charge is -2.20. The van der Waals surface area contributed by atoms with Crippen molar-refractivity contribution in [2.45, 2.75) is 25.0 Å². The Morgan fingerprint density at radius 1 is 1.60 bits per heavy atom. The highest BCUT2D eigenvalue weighted by molar-refractivity contribution is 7.87. The maximum atomic E-state index is 11.6. The average Bonchev–Trinajstić information content (AvgIpc) is 2.87. The van der Waals surface area contributed by atoms with Crippen molar-refractivity contribution in [1.82, 2.24) is 9.03 Å². The highest BCUT2D eigenvalue weighted by atomic mass is 32.2. The van der Waals surface area contributed by atoms with Gasteiger partial charge in [0.2, 0.25) is 0 Å². The standard InChI is InChI=1S/C8H18N2O4S/c1-10(5-8(11)6-14-2)15(12,13)9-7-3-4-7/h7-9,11H,3-6H2,1-2H3. The number of nitrogens with zero attached hydrogens (tertiary/aromatic N) is 1. The molecule has 0 radical (unpaired) electrons. The maximum Gasteiger partial charge on any atom is 0.279 e. The third-order valence-electron chi connectivity index (χ3n) is 2.13. The van der Waals surface area contributed by atoms with E-state index in [0.717, 1.165) is 17.1 Å². The number of hydrogen-bond donors (Lipinski definition) is 2. The predicted octanol–water partition coefficient (Wildman–Crippen LogP) is -1.08. The van der Waals surface area contributed by atoms with Gasteiger partial charge in [-0.3, -0.25) is 0 Å². The fourth-order valence-corrected chi connectivity index (χ4v) is 2.35. The minimum atomic E-state index is -3.44. The molecule has 1 fully saturated rings. The van der Waals surface area contributed by atoms with Crippen LogP contribution in [0.1, 0.15) is 12.8 Å². The van der Waals surface area contributed by atoms with Crippen LogP contribution >= 0.6 is 0 Å². The Morgan fingerprint density at radius 3 is 2.67 bits per heavy atom. The number of methoxy groups -OCH3 is 1. The zero-order valence-corrected chi connectivity index (χ0v) is 9.83. The van der Waals surface area contributed by atoms with Crippen LogP contribution in [0.3, 0.4) is 0 Å². The first-order valence-electron chi connectivity index (χ1n) is 4.86. The fraction of sp³-hybridized carbons (Fsp3) is 1.00. The third-order valence-corrected chi connectivity index (χ3v) is 3.73. The zero-order valence-electron chi connectivity index (χ0n) is 9.01. The zero-order chi connectivity index (χ0) is 11.5. The molecule has 0 spiro atoms. The fourth-order valence-electron chi connectivity index (χ4n) is 1.14. The summed E-state index contributed by atoms with van der Waals surface area (Å²) in [6.45, 7) is 0.166. The van der Waals surface area contributed by atoms with Gasteiger partial charge in [-0.15, -0.1) is 0 Å². The number of aliphatic hydroxyl groups excluding tert-OH is 1. The van der Waals surface area contributed by atoms with Gasteiger partial charge in [0.25, 0.3) is 10.2 Å². The van der Waals surface area contributed by atoms with Crippen LogP contribution in [0.4, 0.5) is 0 Å². The van der Waals surface area contributed by atoms with Crippen molar-refractivity contribution < 1.29 is 18.3 Å². The second-order valence-corrected chi connectivity index (χ2v) is 5.60. The van der Waals surface area contributed by atoms with Crippen molar-refractivity contribution >= 4 is 10.2 Å². The molecule has 2 N–H and O–H groups in total. The number of ether oxygens (including phenoxy) is 1. The van der Waals surface area contributed by atoms with Gasteiger partial charge < -0.3 is 9.84 Å². The quantitative estimate of drug-likeness (QED) is 0.591. The normalized spacial score (nSPS) is 19.5. The Bertz CT molecular complexity index is 289. The van der Waals surface area contributed by atoms with Crippen LogP contribution in [0.25, 0.3) is 0 Å². The predicted molar refractivity (Wildman–Crippen MR) is 55.6 cm³/mol. The van der Waals surface area contributed by atoms with Crippen LogP contribution in [-0.4, -0.2) is 57.3 Å². The molecule has 1 atom stereocenters. The molecule has 6 nitrogen and oxygen atoms in total. The van der Waals surface area contributed by atoms with Gasteiger partial charge in [-0.1, -0.05) is 0 Å². The molecule has 0 bridgehead atoms. The Hall–Kier alpha value is -0.210. The second-order valence-electron chi connectivity index (χ2n) is 3.79. The molecule has 0 aliphatic heterocycles. The molecule has 1 unspecified atom stereocenters. The summed E-state index contributed by atoms with van der Waals surface area (Å²) in [6, 6.07) is 0.0806. The Kier molecular flexibility index (Phi) is 4.47. The first-order valence-corrected chi connectivity index (χ1v) is 6.30. The molecule has 1 aliphatic rings. The smallest absolute Gasteiger partial charge is 0.279 e. The van der Waals surface area contributed by atoms with E-state index in [1.807, 2.05) is 0 Å². The van der Waals surface area contributed by atoms with Crippen LogP contribution in [0.15, 0.2) is 0 Å². The summed E-state index contributed by atoms with van der Waals surface area (Å²) in [4.78, 5) is 0. The highest BCUT2D eigenvalue weighted by Gasteiger charge is 2.29. The Labute approximate surface area is 90.4 Å². The maximum absolute atomic E-state index is 11.6. The summed E-state index contributed by atoms with van der Waals surface area (Å²) >= 11 is 0. The van der Waals surface area contributed by atoms with Crippen LogP contribution in [-0.2, 0) is 14.9 Å². The number of nitrogens with one attached hydrogen (secondary N) is 1. The SMILES string of the molecule is COCC(O)CN(C)S(=O)(=O)NC1CC1. The lowest BCUT2D eigenvalue weighted by molar-refractivity contribution is 0.0552.